The second-order valence-corrected chi connectivity index (χ2v) is 3.73. The summed E-state index contributed by atoms with van der Waals surface area (Å²) in [6.45, 7) is 0. The predicted molar refractivity (Wildman–Crippen MR) is 57.2 cm³/mol. The highest BCUT2D eigenvalue weighted by atomic mass is 16.4. The van der Waals surface area contributed by atoms with E-state index in [9.17, 15) is 4.79 Å². The molecule has 0 amide bonds. The first-order valence-corrected chi connectivity index (χ1v) is 5.39. The minimum absolute atomic E-state index is 0.545. The Labute approximate surface area is 85.3 Å². The minimum Gasteiger partial charge on any atom is -0.478 e. The van der Waals surface area contributed by atoms with Gasteiger partial charge in [0.05, 0.1) is 0 Å². The molecule has 0 aliphatic heterocycles. The van der Waals surface area contributed by atoms with E-state index in [1.165, 1.54) is 19.3 Å². The molecule has 0 aromatic carbocycles. The highest BCUT2D eigenvalue weighted by Gasteiger charge is 2.05. The summed E-state index contributed by atoms with van der Waals surface area (Å²) in [5, 5.41) is 8.89. The molecule has 2 nitrogen and oxygen atoms in total. The molecule has 0 unspecified atom stereocenters. The molecule has 2 heteroatoms. The molecule has 0 aromatic rings. The summed E-state index contributed by atoms with van der Waals surface area (Å²) in [6, 6.07) is 0. The molecule has 78 valence electrons. The van der Waals surface area contributed by atoms with E-state index in [0.29, 0.717) is 12.0 Å². The van der Waals surface area contributed by atoms with Gasteiger partial charge in [-0.3, -0.25) is 0 Å². The zero-order chi connectivity index (χ0) is 10.2. The van der Waals surface area contributed by atoms with Crippen molar-refractivity contribution in [2.45, 2.75) is 44.9 Å². The molecule has 1 N–H and O–H groups in total. The van der Waals surface area contributed by atoms with Crippen LogP contribution in [0.1, 0.15) is 44.9 Å². The lowest BCUT2D eigenvalue weighted by atomic mass is 10.1. The van der Waals surface area contributed by atoms with Crippen LogP contribution < -0.4 is 0 Å². The van der Waals surface area contributed by atoms with Crippen molar-refractivity contribution in [3.8, 4) is 0 Å². The van der Waals surface area contributed by atoms with Crippen molar-refractivity contribution >= 4 is 5.97 Å². The molecule has 0 saturated carbocycles. The van der Waals surface area contributed by atoms with Gasteiger partial charge >= 0.3 is 5.97 Å². The standard InChI is InChI=1S/C12H18O2/c13-12(14)11-9-7-5-3-1-2-4-6-8-10-11/h5,7,9H,1-4,6,8,10H2,(H,13,14)/b7-5-,11-9+. The zero-order valence-corrected chi connectivity index (χ0v) is 8.54. The number of carboxylic acid groups (broad SMARTS) is 1. The van der Waals surface area contributed by atoms with Gasteiger partial charge in [0.2, 0.25) is 0 Å². The highest BCUT2D eigenvalue weighted by molar-refractivity contribution is 5.86. The number of carbonyl (C=O) groups is 1. The molecule has 0 spiro atoms. The van der Waals surface area contributed by atoms with Crippen LogP contribution in [0.3, 0.4) is 0 Å². The first kappa shape index (κ1) is 11.0. The van der Waals surface area contributed by atoms with Gasteiger partial charge in [0.1, 0.15) is 0 Å². The molecule has 0 radical (unpaired) electrons. The smallest absolute Gasteiger partial charge is 0.331 e. The molecule has 1 aliphatic rings. The van der Waals surface area contributed by atoms with Gasteiger partial charge in [-0.2, -0.15) is 0 Å². The number of rotatable bonds is 1. The van der Waals surface area contributed by atoms with Crippen LogP contribution >= 0.6 is 0 Å². The topological polar surface area (TPSA) is 37.3 Å². The summed E-state index contributed by atoms with van der Waals surface area (Å²) in [5.74, 6) is -0.770. The van der Waals surface area contributed by atoms with E-state index in [0.717, 1.165) is 19.3 Å². The molecule has 0 aromatic heterocycles. The van der Waals surface area contributed by atoms with Crippen molar-refractivity contribution in [1.29, 1.82) is 0 Å². The third-order valence-electron chi connectivity index (χ3n) is 2.53. The van der Waals surface area contributed by atoms with Crippen molar-refractivity contribution in [1.82, 2.24) is 0 Å². The quantitative estimate of drug-likeness (QED) is 0.695. The molecule has 14 heavy (non-hydrogen) atoms. The Bertz CT molecular complexity index is 239. The number of aliphatic carboxylic acids is 1. The Balaban J connectivity index is 2.55. The Morgan fingerprint density at radius 3 is 2.64 bits per heavy atom. The fraction of sp³-hybridized carbons (Fsp3) is 0.583. The van der Waals surface area contributed by atoms with Crippen molar-refractivity contribution in [2.75, 3.05) is 0 Å². The van der Waals surface area contributed by atoms with Crippen LogP contribution in [0.25, 0.3) is 0 Å². The maximum Gasteiger partial charge on any atom is 0.331 e. The van der Waals surface area contributed by atoms with E-state index < -0.39 is 5.97 Å². The molecule has 0 atom stereocenters. The van der Waals surface area contributed by atoms with Crippen LogP contribution in [0.2, 0.25) is 0 Å². The van der Waals surface area contributed by atoms with Gasteiger partial charge in [0, 0.05) is 5.57 Å². The molecular formula is C12H18O2. The number of allylic oxidation sites excluding steroid dienone is 3. The summed E-state index contributed by atoms with van der Waals surface area (Å²) in [5.41, 5.74) is 0.545. The summed E-state index contributed by atoms with van der Waals surface area (Å²) in [6.07, 6.45) is 13.4. The molecule has 1 rings (SSSR count). The third kappa shape index (κ3) is 4.26. The van der Waals surface area contributed by atoms with E-state index in [1.807, 2.05) is 6.08 Å². The average molecular weight is 194 g/mol. The fourth-order valence-electron chi connectivity index (χ4n) is 1.65. The maximum atomic E-state index is 10.8. The lowest BCUT2D eigenvalue weighted by molar-refractivity contribution is -0.132. The predicted octanol–water partition coefficient (Wildman–Crippen LogP) is 3.30. The van der Waals surface area contributed by atoms with E-state index in [1.54, 1.807) is 6.08 Å². The van der Waals surface area contributed by atoms with Crippen LogP contribution in [-0.2, 0) is 4.79 Å². The Morgan fingerprint density at radius 1 is 1.14 bits per heavy atom. The van der Waals surface area contributed by atoms with Gasteiger partial charge < -0.3 is 5.11 Å². The summed E-state index contributed by atoms with van der Waals surface area (Å²) in [7, 11) is 0. The highest BCUT2D eigenvalue weighted by Crippen LogP contribution is 2.14. The van der Waals surface area contributed by atoms with Gasteiger partial charge in [-0.1, -0.05) is 37.5 Å². The lowest BCUT2D eigenvalue weighted by Crippen LogP contribution is -2.00. The average Bonchev–Trinajstić information content (AvgIpc) is 2.21. The summed E-state index contributed by atoms with van der Waals surface area (Å²) in [4.78, 5) is 10.8. The Hall–Kier alpha value is -1.05. The molecule has 0 heterocycles. The minimum atomic E-state index is -0.770. The van der Waals surface area contributed by atoms with Crippen LogP contribution in [0.15, 0.2) is 23.8 Å². The molecule has 0 fully saturated rings. The van der Waals surface area contributed by atoms with E-state index in [-0.39, 0.29) is 0 Å². The SMILES string of the molecule is O=C(O)/C1=C/C=C\CCCCCCC1. The molecule has 0 bridgehead atoms. The first-order chi connectivity index (χ1) is 6.80. The van der Waals surface area contributed by atoms with Crippen molar-refractivity contribution in [3.63, 3.8) is 0 Å². The van der Waals surface area contributed by atoms with Crippen molar-refractivity contribution in [2.24, 2.45) is 0 Å². The van der Waals surface area contributed by atoms with Crippen molar-refractivity contribution in [3.05, 3.63) is 23.8 Å². The van der Waals surface area contributed by atoms with Crippen molar-refractivity contribution < 1.29 is 9.90 Å². The maximum absolute atomic E-state index is 10.8. The van der Waals surface area contributed by atoms with Crippen LogP contribution in [0.5, 0.6) is 0 Å². The monoisotopic (exact) mass is 194 g/mol. The number of carboxylic acids is 1. The number of hydrogen-bond donors (Lipinski definition) is 1. The normalized spacial score (nSPS) is 25.6. The third-order valence-corrected chi connectivity index (χ3v) is 2.53. The Kier molecular flexibility index (Phi) is 5.05. The van der Waals surface area contributed by atoms with Gasteiger partial charge in [-0.15, -0.1) is 0 Å². The van der Waals surface area contributed by atoms with Gasteiger partial charge in [0.25, 0.3) is 0 Å². The lowest BCUT2D eigenvalue weighted by Gasteiger charge is -2.00. The molecular weight excluding hydrogens is 176 g/mol. The molecule has 0 saturated heterocycles. The largest absolute Gasteiger partial charge is 0.478 e. The van der Waals surface area contributed by atoms with Crippen LogP contribution in [0, 0.1) is 0 Å². The van der Waals surface area contributed by atoms with E-state index in [4.69, 9.17) is 5.11 Å². The summed E-state index contributed by atoms with van der Waals surface area (Å²) >= 11 is 0. The fourth-order valence-corrected chi connectivity index (χ4v) is 1.65. The molecule has 1 aliphatic carbocycles. The number of hydrogen-bond acceptors (Lipinski definition) is 1. The van der Waals surface area contributed by atoms with Gasteiger partial charge in [0.15, 0.2) is 0 Å². The van der Waals surface area contributed by atoms with E-state index in [2.05, 4.69) is 6.08 Å². The van der Waals surface area contributed by atoms with E-state index >= 15 is 0 Å². The zero-order valence-electron chi connectivity index (χ0n) is 8.54. The van der Waals surface area contributed by atoms with Crippen LogP contribution in [0.4, 0.5) is 0 Å². The Morgan fingerprint density at radius 2 is 1.86 bits per heavy atom. The summed E-state index contributed by atoms with van der Waals surface area (Å²) < 4.78 is 0. The van der Waals surface area contributed by atoms with Crippen LogP contribution in [-0.4, -0.2) is 11.1 Å². The second-order valence-electron chi connectivity index (χ2n) is 3.73. The van der Waals surface area contributed by atoms with Gasteiger partial charge in [-0.05, 0) is 25.7 Å². The second kappa shape index (κ2) is 6.41. The van der Waals surface area contributed by atoms with Gasteiger partial charge in [-0.25, -0.2) is 4.79 Å². The first-order valence-electron chi connectivity index (χ1n) is 5.39.